The van der Waals surface area contributed by atoms with Crippen LogP contribution in [0.25, 0.3) is 11.0 Å². The summed E-state index contributed by atoms with van der Waals surface area (Å²) in [5.41, 5.74) is 2.89. The Morgan fingerprint density at radius 3 is 2.52 bits per heavy atom. The lowest BCUT2D eigenvalue weighted by molar-refractivity contribution is -0.122. The topological polar surface area (TPSA) is 90.1 Å². The van der Waals surface area contributed by atoms with Gasteiger partial charge in [0.15, 0.2) is 0 Å². The van der Waals surface area contributed by atoms with Gasteiger partial charge in [-0.05, 0) is 23.6 Å². The first kappa shape index (κ1) is 22.3. The lowest BCUT2D eigenvalue weighted by atomic mass is 9.98. The number of carbonyl (C=O) groups excluding carboxylic acids is 2. The highest BCUT2D eigenvalue weighted by atomic mass is 16.2. The first-order valence-electron chi connectivity index (χ1n) is 10.7. The number of para-hydroxylation sites is 2. The predicted molar refractivity (Wildman–Crippen MR) is 122 cm³/mol. The number of nitrogens with zero attached hydrogens (tertiary/aromatic N) is 2. The maximum atomic E-state index is 12.6. The van der Waals surface area contributed by atoms with E-state index in [1.165, 1.54) is 0 Å². The van der Waals surface area contributed by atoms with Gasteiger partial charge in [0.25, 0.3) is 0 Å². The van der Waals surface area contributed by atoms with Crippen LogP contribution in [-0.4, -0.2) is 40.4 Å². The molecule has 7 heteroatoms. The Labute approximate surface area is 183 Å². The Kier molecular flexibility index (Phi) is 7.65. The zero-order valence-electron chi connectivity index (χ0n) is 18.4. The van der Waals surface area contributed by atoms with E-state index < -0.39 is 0 Å². The quantitative estimate of drug-likeness (QED) is 0.488. The highest BCUT2D eigenvalue weighted by Crippen LogP contribution is 2.24. The van der Waals surface area contributed by atoms with E-state index in [0.717, 1.165) is 28.8 Å². The molecule has 0 saturated carbocycles. The Morgan fingerprint density at radius 1 is 1.10 bits per heavy atom. The van der Waals surface area contributed by atoms with Crippen molar-refractivity contribution < 1.29 is 9.59 Å². The smallest absolute Gasteiger partial charge is 0.317 e. The number of imidazole rings is 1. The van der Waals surface area contributed by atoms with Crippen molar-refractivity contribution in [3.8, 4) is 0 Å². The van der Waals surface area contributed by atoms with Crippen molar-refractivity contribution in [2.75, 3.05) is 13.6 Å². The molecule has 0 saturated heterocycles. The number of amides is 3. The predicted octanol–water partition coefficient (Wildman–Crippen LogP) is 4.00. The third-order valence-corrected chi connectivity index (χ3v) is 5.47. The van der Waals surface area contributed by atoms with E-state index >= 15 is 0 Å². The first-order valence-corrected chi connectivity index (χ1v) is 10.7. The number of aromatic nitrogens is 2. The number of hydrogen-bond acceptors (Lipinski definition) is 3. The van der Waals surface area contributed by atoms with Gasteiger partial charge in [-0.15, -0.1) is 0 Å². The van der Waals surface area contributed by atoms with E-state index in [-0.39, 0.29) is 36.9 Å². The molecule has 0 bridgehead atoms. The molecule has 2 aromatic carbocycles. The zero-order chi connectivity index (χ0) is 22.2. The third kappa shape index (κ3) is 6.07. The van der Waals surface area contributed by atoms with E-state index in [1.807, 2.05) is 54.6 Å². The second-order valence-corrected chi connectivity index (χ2v) is 7.89. The maximum Gasteiger partial charge on any atom is 0.317 e. The average molecular weight is 422 g/mol. The Bertz CT molecular complexity index is 968. The molecule has 164 valence electrons. The summed E-state index contributed by atoms with van der Waals surface area (Å²) < 4.78 is 0. The van der Waals surface area contributed by atoms with Gasteiger partial charge in [-0.25, -0.2) is 9.78 Å². The number of urea groups is 1. The number of nitrogens with one attached hydrogen (secondary N) is 3. The van der Waals surface area contributed by atoms with Crippen molar-refractivity contribution >= 4 is 23.0 Å². The standard InChI is InChI=1S/C24H31N5O2/c1-4-17(2)22(23-26-19-12-8-9-13-20(19)27-23)28-21(30)14-15-25-24(31)29(3)16-18-10-6-5-7-11-18/h5-13,17,22H,4,14-16H2,1-3H3,(H,25,31)(H,26,27)(H,28,30). The van der Waals surface area contributed by atoms with Crippen LogP contribution in [0.5, 0.6) is 0 Å². The summed E-state index contributed by atoms with van der Waals surface area (Å²) in [5, 5.41) is 5.90. The minimum absolute atomic E-state index is 0.114. The molecule has 1 heterocycles. The number of fused-ring (bicyclic) bond motifs is 1. The van der Waals surface area contributed by atoms with Crippen LogP contribution in [0.1, 0.15) is 44.1 Å². The van der Waals surface area contributed by atoms with Crippen LogP contribution in [0.3, 0.4) is 0 Å². The number of rotatable bonds is 9. The normalized spacial score (nSPS) is 12.9. The van der Waals surface area contributed by atoms with Gasteiger partial charge in [0.2, 0.25) is 5.91 Å². The van der Waals surface area contributed by atoms with E-state index in [9.17, 15) is 9.59 Å². The van der Waals surface area contributed by atoms with Crippen LogP contribution in [0.15, 0.2) is 54.6 Å². The maximum absolute atomic E-state index is 12.6. The van der Waals surface area contributed by atoms with Gasteiger partial charge in [-0.3, -0.25) is 4.79 Å². The monoisotopic (exact) mass is 421 g/mol. The second-order valence-electron chi connectivity index (χ2n) is 7.89. The zero-order valence-corrected chi connectivity index (χ0v) is 18.4. The van der Waals surface area contributed by atoms with Crippen molar-refractivity contribution in [2.24, 2.45) is 5.92 Å². The summed E-state index contributed by atoms with van der Waals surface area (Å²) in [7, 11) is 1.74. The lowest BCUT2D eigenvalue weighted by Crippen LogP contribution is -2.39. The number of aromatic amines is 1. The van der Waals surface area contributed by atoms with Gasteiger partial charge in [-0.1, -0.05) is 62.7 Å². The van der Waals surface area contributed by atoms with Crippen molar-refractivity contribution in [2.45, 2.75) is 39.3 Å². The second kappa shape index (κ2) is 10.6. The van der Waals surface area contributed by atoms with Gasteiger partial charge in [0, 0.05) is 26.6 Å². The molecule has 0 fully saturated rings. The van der Waals surface area contributed by atoms with E-state index in [0.29, 0.717) is 6.54 Å². The summed E-state index contributed by atoms with van der Waals surface area (Å²) in [6, 6.07) is 17.2. The third-order valence-electron chi connectivity index (χ3n) is 5.47. The summed E-state index contributed by atoms with van der Waals surface area (Å²) in [4.78, 5) is 34.5. The molecule has 3 amide bonds. The SMILES string of the molecule is CCC(C)C(NC(=O)CCNC(=O)N(C)Cc1ccccc1)c1nc2ccccc2[nH]1. The van der Waals surface area contributed by atoms with Crippen molar-refractivity contribution in [1.82, 2.24) is 25.5 Å². The summed E-state index contributed by atoms with van der Waals surface area (Å²) >= 11 is 0. The van der Waals surface area contributed by atoms with Crippen LogP contribution in [0.2, 0.25) is 0 Å². The minimum atomic E-state index is -0.207. The molecule has 3 aromatic rings. The van der Waals surface area contributed by atoms with Crippen LogP contribution in [0.4, 0.5) is 4.79 Å². The largest absolute Gasteiger partial charge is 0.346 e. The van der Waals surface area contributed by atoms with Crippen molar-refractivity contribution in [1.29, 1.82) is 0 Å². The molecule has 2 atom stereocenters. The van der Waals surface area contributed by atoms with Gasteiger partial charge >= 0.3 is 6.03 Å². The summed E-state index contributed by atoms with van der Waals surface area (Å²) in [6.07, 6.45) is 1.11. The average Bonchev–Trinajstić information content (AvgIpc) is 3.21. The van der Waals surface area contributed by atoms with Crippen molar-refractivity contribution in [3.05, 3.63) is 66.0 Å². The fourth-order valence-corrected chi connectivity index (χ4v) is 3.43. The Hall–Kier alpha value is -3.35. The van der Waals surface area contributed by atoms with Gasteiger partial charge in [0.05, 0.1) is 17.1 Å². The first-order chi connectivity index (χ1) is 15.0. The number of H-pyrrole nitrogens is 1. The molecule has 0 aliphatic heterocycles. The molecule has 3 rings (SSSR count). The molecule has 0 radical (unpaired) electrons. The van der Waals surface area contributed by atoms with Gasteiger partial charge in [0.1, 0.15) is 5.82 Å². The molecule has 1 aromatic heterocycles. The molecular formula is C24H31N5O2. The van der Waals surface area contributed by atoms with Crippen LogP contribution >= 0.6 is 0 Å². The summed E-state index contributed by atoms with van der Waals surface area (Å²) in [6.45, 7) is 4.98. The van der Waals surface area contributed by atoms with E-state index in [4.69, 9.17) is 0 Å². The fraction of sp³-hybridized carbons (Fsp3) is 0.375. The fourth-order valence-electron chi connectivity index (χ4n) is 3.43. The van der Waals surface area contributed by atoms with Crippen LogP contribution < -0.4 is 10.6 Å². The van der Waals surface area contributed by atoms with E-state index in [1.54, 1.807) is 11.9 Å². The molecule has 3 N–H and O–H groups in total. The highest BCUT2D eigenvalue weighted by molar-refractivity contribution is 5.79. The Balaban J connectivity index is 1.52. The van der Waals surface area contributed by atoms with Crippen molar-refractivity contribution in [3.63, 3.8) is 0 Å². The molecular weight excluding hydrogens is 390 g/mol. The van der Waals surface area contributed by atoms with Crippen LogP contribution in [-0.2, 0) is 11.3 Å². The number of benzene rings is 2. The molecule has 0 aliphatic carbocycles. The molecule has 7 nitrogen and oxygen atoms in total. The Morgan fingerprint density at radius 2 is 1.81 bits per heavy atom. The van der Waals surface area contributed by atoms with Crippen LogP contribution in [0, 0.1) is 5.92 Å². The molecule has 0 aliphatic rings. The summed E-state index contributed by atoms with van der Waals surface area (Å²) in [5.74, 6) is 0.864. The number of carbonyl (C=O) groups is 2. The molecule has 0 spiro atoms. The van der Waals surface area contributed by atoms with E-state index in [2.05, 4.69) is 34.4 Å². The minimum Gasteiger partial charge on any atom is -0.346 e. The van der Waals surface area contributed by atoms with Gasteiger partial charge < -0.3 is 20.5 Å². The molecule has 2 unspecified atom stereocenters. The van der Waals surface area contributed by atoms with Gasteiger partial charge in [-0.2, -0.15) is 0 Å². The highest BCUT2D eigenvalue weighted by Gasteiger charge is 2.23. The number of hydrogen-bond donors (Lipinski definition) is 3. The lowest BCUT2D eigenvalue weighted by Gasteiger charge is -2.23. The molecule has 31 heavy (non-hydrogen) atoms.